The van der Waals surface area contributed by atoms with E-state index in [0.29, 0.717) is 5.75 Å². The molecule has 1 amide bonds. The second-order valence-electron chi connectivity index (χ2n) is 5.95. The molecule has 0 saturated carbocycles. The maximum absolute atomic E-state index is 12.2. The fourth-order valence-corrected chi connectivity index (χ4v) is 2.36. The van der Waals surface area contributed by atoms with Crippen LogP contribution in [0.15, 0.2) is 54.6 Å². The minimum atomic E-state index is -0.680. The van der Waals surface area contributed by atoms with Gasteiger partial charge in [-0.25, -0.2) is 0 Å². The van der Waals surface area contributed by atoms with Crippen molar-refractivity contribution in [3.63, 3.8) is 0 Å². The summed E-state index contributed by atoms with van der Waals surface area (Å²) in [6, 6.07) is 15.8. The summed E-state index contributed by atoms with van der Waals surface area (Å²) in [5, 5.41) is 13.6. The predicted molar refractivity (Wildman–Crippen MR) is 95.6 cm³/mol. The van der Waals surface area contributed by atoms with Crippen molar-refractivity contribution in [3.05, 3.63) is 70.3 Å². The molecule has 0 aliphatic carbocycles. The molecule has 2 atom stereocenters. The van der Waals surface area contributed by atoms with E-state index in [1.807, 2.05) is 25.1 Å². The molecular weight excluding hydrogens is 320 g/mol. The summed E-state index contributed by atoms with van der Waals surface area (Å²) >= 11 is 0. The van der Waals surface area contributed by atoms with Crippen molar-refractivity contribution in [3.8, 4) is 5.75 Å². The van der Waals surface area contributed by atoms with Gasteiger partial charge in [0.1, 0.15) is 5.75 Å². The predicted octanol–water partition coefficient (Wildman–Crippen LogP) is 3.50. The highest BCUT2D eigenvalue weighted by molar-refractivity contribution is 5.80. The molecule has 1 N–H and O–H groups in total. The first kappa shape index (κ1) is 18.4. The molecule has 2 aromatic rings. The van der Waals surface area contributed by atoms with Gasteiger partial charge in [0.05, 0.1) is 4.92 Å². The van der Waals surface area contributed by atoms with Crippen LogP contribution in [-0.4, -0.2) is 23.0 Å². The first-order chi connectivity index (χ1) is 12.0. The Bertz CT molecular complexity index is 701. The molecule has 2 rings (SSSR count). The van der Waals surface area contributed by atoms with E-state index in [9.17, 15) is 14.9 Å². The molecule has 0 aromatic heterocycles. The molecular formula is C19H22N2O4. The van der Waals surface area contributed by atoms with Gasteiger partial charge in [0.2, 0.25) is 0 Å². The molecule has 0 unspecified atom stereocenters. The quantitative estimate of drug-likeness (QED) is 0.588. The molecule has 0 aliphatic rings. The Morgan fingerprint density at radius 1 is 1.12 bits per heavy atom. The maximum Gasteiger partial charge on any atom is 0.269 e. The minimum absolute atomic E-state index is 0.0148. The largest absolute Gasteiger partial charge is 0.481 e. The molecule has 2 aromatic carbocycles. The summed E-state index contributed by atoms with van der Waals surface area (Å²) in [4.78, 5) is 22.4. The van der Waals surface area contributed by atoms with Gasteiger partial charge >= 0.3 is 0 Å². The maximum atomic E-state index is 12.2. The number of nitro groups is 1. The smallest absolute Gasteiger partial charge is 0.269 e. The van der Waals surface area contributed by atoms with Gasteiger partial charge in [0.15, 0.2) is 6.10 Å². The fraction of sp³-hybridized carbons (Fsp3) is 0.316. The SMILES string of the molecule is C[C@H](Oc1ccc([N+](=O)[O-])cc1)C(=O)N[C@@H](C)CCc1ccccc1. The first-order valence-corrected chi connectivity index (χ1v) is 8.21. The molecule has 0 spiro atoms. The number of carbonyl (C=O) groups excluding carboxylic acids is 1. The summed E-state index contributed by atoms with van der Waals surface area (Å²) in [5.41, 5.74) is 1.22. The third-order valence-electron chi connectivity index (χ3n) is 3.83. The van der Waals surface area contributed by atoms with Gasteiger partial charge in [-0.15, -0.1) is 0 Å². The van der Waals surface area contributed by atoms with Crippen LogP contribution in [0.3, 0.4) is 0 Å². The van der Waals surface area contributed by atoms with Crippen LogP contribution >= 0.6 is 0 Å². The summed E-state index contributed by atoms with van der Waals surface area (Å²) in [6.07, 6.45) is 1.04. The van der Waals surface area contributed by atoms with Crippen molar-refractivity contribution < 1.29 is 14.5 Å². The zero-order valence-corrected chi connectivity index (χ0v) is 14.3. The Kier molecular flexibility index (Phi) is 6.51. The topological polar surface area (TPSA) is 81.5 Å². The highest BCUT2D eigenvalue weighted by atomic mass is 16.6. The molecule has 25 heavy (non-hydrogen) atoms. The van der Waals surface area contributed by atoms with Crippen molar-refractivity contribution >= 4 is 11.6 Å². The van der Waals surface area contributed by atoms with Crippen LogP contribution in [0.2, 0.25) is 0 Å². The van der Waals surface area contributed by atoms with Crippen LogP contribution in [-0.2, 0) is 11.2 Å². The number of ether oxygens (including phenoxy) is 1. The summed E-state index contributed by atoms with van der Waals surface area (Å²) in [5.74, 6) is 0.212. The van der Waals surface area contributed by atoms with Crippen LogP contribution in [0.25, 0.3) is 0 Å². The lowest BCUT2D eigenvalue weighted by molar-refractivity contribution is -0.384. The number of non-ortho nitro benzene ring substituents is 1. The van der Waals surface area contributed by atoms with Crippen LogP contribution in [0.4, 0.5) is 5.69 Å². The van der Waals surface area contributed by atoms with E-state index in [1.165, 1.54) is 29.8 Å². The van der Waals surface area contributed by atoms with Crippen LogP contribution in [0.1, 0.15) is 25.8 Å². The van der Waals surface area contributed by atoms with Crippen molar-refractivity contribution in [2.45, 2.75) is 38.8 Å². The molecule has 0 fully saturated rings. The fourth-order valence-electron chi connectivity index (χ4n) is 2.36. The van der Waals surface area contributed by atoms with Crippen molar-refractivity contribution in [2.75, 3.05) is 0 Å². The molecule has 0 aliphatic heterocycles. The van der Waals surface area contributed by atoms with E-state index >= 15 is 0 Å². The monoisotopic (exact) mass is 342 g/mol. The van der Waals surface area contributed by atoms with Crippen LogP contribution in [0, 0.1) is 10.1 Å². The van der Waals surface area contributed by atoms with Gasteiger partial charge in [0.25, 0.3) is 11.6 Å². The highest BCUT2D eigenvalue weighted by Gasteiger charge is 2.17. The Hall–Kier alpha value is -2.89. The Balaban J connectivity index is 1.79. The molecule has 0 saturated heterocycles. The van der Waals surface area contributed by atoms with Crippen molar-refractivity contribution in [2.24, 2.45) is 0 Å². The number of aryl methyl sites for hydroxylation is 1. The van der Waals surface area contributed by atoms with E-state index in [0.717, 1.165) is 12.8 Å². The molecule has 132 valence electrons. The Labute approximate surface area is 147 Å². The van der Waals surface area contributed by atoms with Gasteiger partial charge in [0, 0.05) is 18.2 Å². The normalized spacial score (nSPS) is 12.9. The number of hydrogen-bond donors (Lipinski definition) is 1. The van der Waals surface area contributed by atoms with E-state index in [-0.39, 0.29) is 17.6 Å². The molecule has 0 bridgehead atoms. The van der Waals surface area contributed by atoms with Gasteiger partial charge in [-0.2, -0.15) is 0 Å². The number of nitrogens with zero attached hydrogens (tertiary/aromatic N) is 1. The number of benzene rings is 2. The van der Waals surface area contributed by atoms with E-state index in [2.05, 4.69) is 17.4 Å². The number of nitrogens with one attached hydrogen (secondary N) is 1. The molecule has 0 radical (unpaired) electrons. The zero-order valence-electron chi connectivity index (χ0n) is 14.3. The minimum Gasteiger partial charge on any atom is -0.481 e. The number of hydrogen-bond acceptors (Lipinski definition) is 4. The average Bonchev–Trinajstić information content (AvgIpc) is 2.61. The highest BCUT2D eigenvalue weighted by Crippen LogP contribution is 2.18. The second-order valence-corrected chi connectivity index (χ2v) is 5.95. The summed E-state index contributed by atoms with van der Waals surface area (Å²) in [7, 11) is 0. The lowest BCUT2D eigenvalue weighted by Gasteiger charge is -2.18. The van der Waals surface area contributed by atoms with Gasteiger partial charge < -0.3 is 10.1 Å². The number of nitro benzene ring substituents is 1. The molecule has 0 heterocycles. The lowest BCUT2D eigenvalue weighted by atomic mass is 10.1. The number of carbonyl (C=O) groups is 1. The van der Waals surface area contributed by atoms with Crippen LogP contribution in [0.5, 0.6) is 5.75 Å². The Morgan fingerprint density at radius 2 is 1.76 bits per heavy atom. The van der Waals surface area contributed by atoms with Gasteiger partial charge in [-0.3, -0.25) is 14.9 Å². The molecule has 6 nitrogen and oxygen atoms in total. The Morgan fingerprint density at radius 3 is 2.36 bits per heavy atom. The van der Waals surface area contributed by atoms with Crippen molar-refractivity contribution in [1.29, 1.82) is 0 Å². The van der Waals surface area contributed by atoms with Crippen molar-refractivity contribution in [1.82, 2.24) is 5.32 Å². The van der Waals surface area contributed by atoms with Crippen LogP contribution < -0.4 is 10.1 Å². The summed E-state index contributed by atoms with van der Waals surface area (Å²) < 4.78 is 5.54. The van der Waals surface area contributed by atoms with E-state index < -0.39 is 11.0 Å². The summed E-state index contributed by atoms with van der Waals surface area (Å²) in [6.45, 7) is 3.61. The standard InChI is InChI=1S/C19H22N2O4/c1-14(8-9-16-6-4-3-5-7-16)20-19(22)15(2)25-18-12-10-17(11-13-18)21(23)24/h3-7,10-15H,8-9H2,1-2H3,(H,20,22)/t14-,15-/m0/s1. The number of amides is 1. The third-order valence-corrected chi connectivity index (χ3v) is 3.83. The average molecular weight is 342 g/mol. The van der Waals surface area contributed by atoms with E-state index in [1.54, 1.807) is 6.92 Å². The molecule has 6 heteroatoms. The lowest BCUT2D eigenvalue weighted by Crippen LogP contribution is -2.41. The first-order valence-electron chi connectivity index (χ1n) is 8.21. The zero-order chi connectivity index (χ0) is 18.2. The van der Waals surface area contributed by atoms with Gasteiger partial charge in [-0.1, -0.05) is 30.3 Å². The van der Waals surface area contributed by atoms with E-state index in [4.69, 9.17) is 4.74 Å². The third kappa shape index (κ3) is 5.91. The second kappa shape index (κ2) is 8.82. The van der Waals surface area contributed by atoms with Gasteiger partial charge in [-0.05, 0) is 44.4 Å². The number of rotatable bonds is 8.